The van der Waals surface area contributed by atoms with Crippen molar-refractivity contribution < 1.29 is 66.7 Å². The van der Waals surface area contributed by atoms with Gasteiger partial charge in [-0.3, -0.25) is 9.59 Å². The molecule has 3 rings (SSSR count). The van der Waals surface area contributed by atoms with Gasteiger partial charge in [0.15, 0.2) is 5.82 Å². The van der Waals surface area contributed by atoms with Gasteiger partial charge in [-0.25, -0.2) is 16.9 Å². The van der Waals surface area contributed by atoms with Crippen molar-refractivity contribution in [1.29, 1.82) is 0 Å². The minimum Gasteiger partial charge on any atom is -0.309 e. The highest BCUT2D eigenvalue weighted by Gasteiger charge is 2.81. The number of alkyl halides is 12. The molecule has 2 aromatic carbocycles. The Hall–Kier alpha value is -3.36. The molecular weight excluding hydrogens is 784 g/mol. The fourth-order valence-corrected chi connectivity index (χ4v) is 4.74. The molecule has 3 aromatic rings. The zero-order valence-corrected chi connectivity index (χ0v) is 24.4. The molecule has 0 aliphatic rings. The van der Waals surface area contributed by atoms with Crippen LogP contribution in [0.1, 0.15) is 31.8 Å². The average Bonchev–Trinajstić information content (AvgIpc) is 2.93. The minimum absolute atomic E-state index is 0.0538. The SMILES string of the molecule is CN(C(=O)c1cccnc1Cl)c1cccc(C(=O)N(I)c2ccc(C(F)(C(F)(F)F)C(F)(F)C(F)(F)F)cc2C(F)(F)F)c1F. The second kappa shape index (κ2) is 12.1. The van der Waals surface area contributed by atoms with Gasteiger partial charge in [0.25, 0.3) is 11.8 Å². The van der Waals surface area contributed by atoms with Crippen molar-refractivity contribution in [3.63, 3.8) is 0 Å². The molecule has 45 heavy (non-hydrogen) atoms. The van der Waals surface area contributed by atoms with Gasteiger partial charge >= 0.3 is 30.1 Å². The lowest BCUT2D eigenvalue weighted by Gasteiger charge is -2.36. The third kappa shape index (κ3) is 6.36. The molecule has 244 valence electrons. The standard InChI is InChI=1S/C25H12ClF13IN3O2/c1-42(19(44)13-5-3-9-41-18(13)26)16-6-2-4-12(17(16)27)20(45)43(40)15-8-7-11(10-14(15)22(29,30)31)21(28,24(34,35)36)23(32,33)25(37,38)39/h2-10H,1H3. The summed E-state index contributed by atoms with van der Waals surface area (Å²) in [7, 11) is 1.03. The van der Waals surface area contributed by atoms with Crippen LogP contribution in [0.4, 0.5) is 68.5 Å². The molecular formula is C25H12ClF13IN3O2. The van der Waals surface area contributed by atoms with Crippen LogP contribution in [-0.4, -0.2) is 42.1 Å². The second-order valence-corrected chi connectivity index (χ2v) is 10.2. The molecule has 1 aromatic heterocycles. The smallest absolute Gasteiger partial charge is 0.309 e. The Morgan fingerprint density at radius 3 is 1.87 bits per heavy atom. The van der Waals surface area contributed by atoms with Gasteiger partial charge < -0.3 is 4.90 Å². The monoisotopic (exact) mass is 795 g/mol. The number of hydrogen-bond acceptors (Lipinski definition) is 3. The predicted octanol–water partition coefficient (Wildman–Crippen LogP) is 9.09. The predicted molar refractivity (Wildman–Crippen MR) is 140 cm³/mol. The number of aromatic nitrogens is 1. The lowest BCUT2D eigenvalue weighted by Crippen LogP contribution is -2.59. The van der Waals surface area contributed by atoms with Crippen LogP contribution in [0, 0.1) is 5.82 Å². The number of amides is 2. The summed E-state index contributed by atoms with van der Waals surface area (Å²) in [6.45, 7) is 0. The van der Waals surface area contributed by atoms with E-state index in [0.29, 0.717) is 4.90 Å². The van der Waals surface area contributed by atoms with E-state index in [9.17, 15) is 62.3 Å². The van der Waals surface area contributed by atoms with Gasteiger partial charge in [-0.2, -0.15) is 48.3 Å². The summed E-state index contributed by atoms with van der Waals surface area (Å²) in [6.07, 6.45) is -19.0. The van der Waals surface area contributed by atoms with E-state index in [1.807, 2.05) is 0 Å². The Labute approximate surface area is 262 Å². The van der Waals surface area contributed by atoms with Gasteiger partial charge in [-0.1, -0.05) is 23.7 Å². The van der Waals surface area contributed by atoms with Gasteiger partial charge in [0.2, 0.25) is 0 Å². The van der Waals surface area contributed by atoms with E-state index in [1.165, 1.54) is 18.3 Å². The van der Waals surface area contributed by atoms with Crippen molar-refractivity contribution in [2.45, 2.75) is 30.1 Å². The second-order valence-electron chi connectivity index (χ2n) is 8.89. The van der Waals surface area contributed by atoms with E-state index < -0.39 is 87.9 Å². The van der Waals surface area contributed by atoms with E-state index in [1.54, 1.807) is 0 Å². The molecule has 20 heteroatoms. The van der Waals surface area contributed by atoms with Crippen molar-refractivity contribution >= 4 is 57.7 Å². The molecule has 0 saturated heterocycles. The van der Waals surface area contributed by atoms with E-state index >= 15 is 4.39 Å². The lowest BCUT2D eigenvalue weighted by molar-refractivity contribution is -0.389. The fraction of sp³-hybridized carbons (Fsp3) is 0.240. The number of carbonyl (C=O) groups excluding carboxylic acids is 2. The largest absolute Gasteiger partial charge is 0.457 e. The maximum atomic E-state index is 15.5. The number of rotatable bonds is 6. The quantitative estimate of drug-likeness (QED) is 0.108. The summed E-state index contributed by atoms with van der Waals surface area (Å²) >= 11 is 6.68. The Morgan fingerprint density at radius 1 is 0.778 bits per heavy atom. The van der Waals surface area contributed by atoms with Crippen LogP contribution in [-0.2, 0) is 11.8 Å². The van der Waals surface area contributed by atoms with E-state index in [-0.39, 0.29) is 19.9 Å². The van der Waals surface area contributed by atoms with Crippen LogP contribution in [0.2, 0.25) is 5.15 Å². The van der Waals surface area contributed by atoms with Crippen molar-refractivity contribution in [2.24, 2.45) is 0 Å². The summed E-state index contributed by atoms with van der Waals surface area (Å²) < 4.78 is 179. The summed E-state index contributed by atoms with van der Waals surface area (Å²) in [6, 6.07) is 3.63. The molecule has 0 spiro atoms. The normalized spacial score (nSPS) is 14.1. The molecule has 2 amide bonds. The zero-order chi connectivity index (χ0) is 34.5. The van der Waals surface area contributed by atoms with E-state index in [0.717, 1.165) is 48.1 Å². The first-order chi connectivity index (χ1) is 20.4. The van der Waals surface area contributed by atoms with Crippen molar-refractivity contribution in [1.82, 2.24) is 4.98 Å². The number of halogens is 15. The van der Waals surface area contributed by atoms with Gasteiger partial charge in [-0.15, -0.1) is 0 Å². The third-order valence-corrected chi connectivity index (χ3v) is 7.39. The first-order valence-electron chi connectivity index (χ1n) is 11.5. The maximum absolute atomic E-state index is 15.5. The highest BCUT2D eigenvalue weighted by Crippen LogP contribution is 2.59. The number of pyridine rings is 1. The van der Waals surface area contributed by atoms with Gasteiger partial charge in [0.05, 0.1) is 50.9 Å². The molecule has 0 aliphatic carbocycles. The van der Waals surface area contributed by atoms with Crippen LogP contribution in [0.5, 0.6) is 0 Å². The van der Waals surface area contributed by atoms with Gasteiger partial charge in [0.1, 0.15) is 5.15 Å². The fourth-order valence-electron chi connectivity index (χ4n) is 3.86. The van der Waals surface area contributed by atoms with Crippen LogP contribution in [0.25, 0.3) is 0 Å². The summed E-state index contributed by atoms with van der Waals surface area (Å²) in [5.41, 5.74) is -15.3. The van der Waals surface area contributed by atoms with Gasteiger partial charge in [0, 0.05) is 18.8 Å². The molecule has 0 saturated carbocycles. The molecule has 0 radical (unpaired) electrons. The minimum atomic E-state index is -7.27. The Bertz CT molecular complexity index is 1630. The number of hydrogen-bond donors (Lipinski definition) is 0. The number of anilines is 2. The van der Waals surface area contributed by atoms with Crippen molar-refractivity contribution in [3.05, 3.63) is 88.0 Å². The number of benzene rings is 2. The number of nitrogens with zero attached hydrogens (tertiary/aromatic N) is 3. The van der Waals surface area contributed by atoms with Crippen molar-refractivity contribution in [3.8, 4) is 0 Å². The Morgan fingerprint density at radius 2 is 1.36 bits per heavy atom. The highest BCUT2D eigenvalue weighted by molar-refractivity contribution is 14.1. The zero-order valence-electron chi connectivity index (χ0n) is 21.5. The summed E-state index contributed by atoms with van der Waals surface area (Å²) in [4.78, 5) is 30.2. The molecule has 1 unspecified atom stereocenters. The molecule has 0 bridgehead atoms. The number of carbonyl (C=O) groups is 2. The summed E-state index contributed by atoms with van der Waals surface area (Å²) in [5.74, 6) is -11.4. The molecule has 0 aliphatic heterocycles. The van der Waals surface area contributed by atoms with Crippen LogP contribution < -0.4 is 8.01 Å². The molecule has 5 nitrogen and oxygen atoms in total. The van der Waals surface area contributed by atoms with Crippen molar-refractivity contribution in [2.75, 3.05) is 15.1 Å². The van der Waals surface area contributed by atoms with E-state index in [4.69, 9.17) is 11.6 Å². The highest BCUT2D eigenvalue weighted by atomic mass is 127. The van der Waals surface area contributed by atoms with Crippen LogP contribution >= 0.6 is 34.5 Å². The summed E-state index contributed by atoms with van der Waals surface area (Å²) in [5, 5.41) is -0.292. The Balaban J connectivity index is 2.14. The van der Waals surface area contributed by atoms with Crippen LogP contribution in [0.3, 0.4) is 0 Å². The Kier molecular flexibility index (Phi) is 9.71. The van der Waals surface area contributed by atoms with Gasteiger partial charge in [-0.05, 0) is 36.4 Å². The third-order valence-electron chi connectivity index (χ3n) is 6.13. The molecule has 1 heterocycles. The first-order valence-corrected chi connectivity index (χ1v) is 12.8. The molecule has 0 fully saturated rings. The topological polar surface area (TPSA) is 53.5 Å². The molecule has 0 N–H and O–H groups in total. The van der Waals surface area contributed by atoms with Crippen LogP contribution in [0.15, 0.2) is 54.7 Å². The lowest BCUT2D eigenvalue weighted by atomic mass is 9.86. The average molecular weight is 796 g/mol. The first kappa shape index (κ1) is 36.1. The molecule has 1 atom stereocenters. The maximum Gasteiger partial charge on any atom is 0.457 e. The van der Waals surface area contributed by atoms with E-state index in [2.05, 4.69) is 4.98 Å².